The van der Waals surface area contributed by atoms with Crippen molar-refractivity contribution in [1.82, 2.24) is 10.0 Å². The molecule has 8 nitrogen and oxygen atoms in total. The van der Waals surface area contributed by atoms with Crippen molar-refractivity contribution in [1.29, 1.82) is 0 Å². The van der Waals surface area contributed by atoms with E-state index in [0.29, 0.717) is 6.61 Å². The molecule has 3 rings (SSSR count). The molecule has 2 fully saturated rings. The zero-order valence-electron chi connectivity index (χ0n) is 15.7. The van der Waals surface area contributed by atoms with Crippen molar-refractivity contribution in [2.24, 2.45) is 0 Å². The topological polar surface area (TPSA) is 111 Å². The molecule has 0 aromatic heterocycles. The molecule has 1 aliphatic heterocycles. The van der Waals surface area contributed by atoms with Gasteiger partial charge in [-0.2, -0.15) is 0 Å². The number of amides is 1. The average Bonchev–Trinajstić information content (AvgIpc) is 3.39. The van der Waals surface area contributed by atoms with Gasteiger partial charge in [0, 0.05) is 19.2 Å². The summed E-state index contributed by atoms with van der Waals surface area (Å²) in [5, 5.41) is 2.83. The lowest BCUT2D eigenvalue weighted by molar-refractivity contribution is -0.124. The van der Waals surface area contributed by atoms with Gasteiger partial charge in [-0.1, -0.05) is 18.9 Å². The van der Waals surface area contributed by atoms with Gasteiger partial charge in [-0.05, 0) is 43.9 Å². The van der Waals surface area contributed by atoms with Gasteiger partial charge in [0.05, 0.1) is 16.6 Å². The first kappa shape index (κ1) is 20.8. The zero-order valence-corrected chi connectivity index (χ0v) is 16.5. The molecule has 28 heavy (non-hydrogen) atoms. The summed E-state index contributed by atoms with van der Waals surface area (Å²) >= 11 is 0. The van der Waals surface area contributed by atoms with Crippen molar-refractivity contribution in [3.63, 3.8) is 0 Å². The number of carbonyl (C=O) groups is 2. The molecule has 0 unspecified atom stereocenters. The Morgan fingerprint density at radius 2 is 1.93 bits per heavy atom. The Morgan fingerprint density at radius 3 is 2.64 bits per heavy atom. The number of rotatable bonds is 8. The molecule has 1 amide bonds. The van der Waals surface area contributed by atoms with E-state index in [0.717, 1.165) is 38.5 Å². The maximum Gasteiger partial charge on any atom is 0.338 e. The number of hydrogen-bond donors (Lipinski definition) is 2. The van der Waals surface area contributed by atoms with Crippen LogP contribution in [0.4, 0.5) is 0 Å². The van der Waals surface area contributed by atoms with Crippen LogP contribution in [0.3, 0.4) is 0 Å². The lowest BCUT2D eigenvalue weighted by Crippen LogP contribution is -2.36. The van der Waals surface area contributed by atoms with E-state index in [1.165, 1.54) is 24.3 Å². The van der Waals surface area contributed by atoms with Crippen LogP contribution in [0.1, 0.15) is 48.9 Å². The second-order valence-electron chi connectivity index (χ2n) is 7.14. The number of nitrogens with one attached hydrogen (secondary N) is 2. The molecule has 2 N–H and O–H groups in total. The summed E-state index contributed by atoms with van der Waals surface area (Å²) < 4.78 is 37.8. The predicted octanol–water partition coefficient (Wildman–Crippen LogP) is 1.36. The summed E-state index contributed by atoms with van der Waals surface area (Å²) in [4.78, 5) is 24.0. The minimum absolute atomic E-state index is 0.0321. The fourth-order valence-corrected chi connectivity index (χ4v) is 4.55. The third-order valence-electron chi connectivity index (χ3n) is 4.96. The molecule has 0 radical (unpaired) electrons. The standard InChI is InChI=1S/C19H26N2O6S/c22-18(21-15-6-1-2-7-15)13-27-19(23)14-5-3-9-17(11-14)28(24,25)20-12-16-8-4-10-26-16/h3,5,9,11,15-16,20H,1-2,4,6-8,10,12-13H2,(H,21,22)/t16-/m1/s1. The maximum absolute atomic E-state index is 12.4. The molecule has 1 aromatic carbocycles. The Kier molecular flexibility index (Phi) is 7.03. The largest absolute Gasteiger partial charge is 0.452 e. The van der Waals surface area contributed by atoms with Gasteiger partial charge in [-0.3, -0.25) is 4.79 Å². The van der Waals surface area contributed by atoms with Crippen molar-refractivity contribution in [3.8, 4) is 0 Å². The Bertz CT molecular complexity index is 798. The SMILES string of the molecule is O=C(COC(=O)c1cccc(S(=O)(=O)NC[C@H]2CCCO2)c1)NC1CCCC1. The van der Waals surface area contributed by atoms with E-state index in [1.807, 2.05) is 0 Å². The minimum atomic E-state index is -3.77. The fraction of sp³-hybridized carbons (Fsp3) is 0.579. The van der Waals surface area contributed by atoms with Crippen LogP contribution < -0.4 is 10.0 Å². The first-order valence-corrected chi connectivity index (χ1v) is 11.1. The van der Waals surface area contributed by atoms with Crippen molar-refractivity contribution >= 4 is 21.9 Å². The summed E-state index contributed by atoms with van der Waals surface area (Å²) in [7, 11) is -3.77. The van der Waals surface area contributed by atoms with Gasteiger partial charge in [0.15, 0.2) is 6.61 Å². The molecule has 0 bridgehead atoms. The van der Waals surface area contributed by atoms with Gasteiger partial charge in [0.2, 0.25) is 10.0 Å². The molecule has 9 heteroatoms. The van der Waals surface area contributed by atoms with E-state index in [2.05, 4.69) is 10.0 Å². The van der Waals surface area contributed by atoms with Gasteiger partial charge in [0.1, 0.15) is 0 Å². The van der Waals surface area contributed by atoms with Crippen molar-refractivity contribution in [2.45, 2.75) is 55.6 Å². The number of esters is 1. The van der Waals surface area contributed by atoms with E-state index in [-0.39, 0.29) is 41.7 Å². The minimum Gasteiger partial charge on any atom is -0.452 e. The summed E-state index contributed by atoms with van der Waals surface area (Å²) in [6.07, 6.45) is 5.68. The monoisotopic (exact) mass is 410 g/mol. The molecule has 1 aliphatic carbocycles. The van der Waals surface area contributed by atoms with Crippen molar-refractivity contribution in [2.75, 3.05) is 19.8 Å². The van der Waals surface area contributed by atoms with Crippen LogP contribution >= 0.6 is 0 Å². The Morgan fingerprint density at radius 1 is 1.14 bits per heavy atom. The number of sulfonamides is 1. The van der Waals surface area contributed by atoms with Crippen LogP contribution in [0.2, 0.25) is 0 Å². The van der Waals surface area contributed by atoms with E-state index >= 15 is 0 Å². The van der Waals surface area contributed by atoms with Crippen LogP contribution in [0.5, 0.6) is 0 Å². The summed E-state index contributed by atoms with van der Waals surface area (Å²) in [5.74, 6) is -1.08. The first-order valence-electron chi connectivity index (χ1n) is 9.62. The zero-order chi connectivity index (χ0) is 20.0. The third kappa shape index (κ3) is 5.76. The van der Waals surface area contributed by atoms with Crippen LogP contribution in [0.25, 0.3) is 0 Å². The van der Waals surface area contributed by atoms with E-state index in [4.69, 9.17) is 9.47 Å². The summed E-state index contributed by atoms with van der Waals surface area (Å²) in [5.41, 5.74) is 0.0775. The number of benzene rings is 1. The molecule has 1 atom stereocenters. The van der Waals surface area contributed by atoms with Gasteiger partial charge in [-0.15, -0.1) is 0 Å². The molecule has 1 heterocycles. The molecule has 154 valence electrons. The second-order valence-corrected chi connectivity index (χ2v) is 8.91. The molecule has 2 aliphatic rings. The smallest absolute Gasteiger partial charge is 0.338 e. The fourth-order valence-electron chi connectivity index (χ4n) is 3.44. The van der Waals surface area contributed by atoms with Crippen molar-refractivity contribution in [3.05, 3.63) is 29.8 Å². The van der Waals surface area contributed by atoms with Crippen molar-refractivity contribution < 1.29 is 27.5 Å². The van der Waals surface area contributed by atoms with Gasteiger partial charge >= 0.3 is 5.97 Å². The molecular weight excluding hydrogens is 384 g/mol. The highest BCUT2D eigenvalue weighted by atomic mass is 32.2. The lowest BCUT2D eigenvalue weighted by Gasteiger charge is -2.13. The Balaban J connectivity index is 1.53. The van der Waals surface area contributed by atoms with Gasteiger partial charge in [-0.25, -0.2) is 17.9 Å². The molecule has 0 spiro atoms. The highest BCUT2D eigenvalue weighted by Gasteiger charge is 2.22. The normalized spacial score (nSPS) is 20.2. The maximum atomic E-state index is 12.4. The van der Waals surface area contributed by atoms with Crippen LogP contribution in [-0.2, 0) is 24.3 Å². The van der Waals surface area contributed by atoms with Crippen LogP contribution in [-0.4, -0.2) is 52.2 Å². The summed E-state index contributed by atoms with van der Waals surface area (Å²) in [6.45, 7) is 0.448. The molecule has 1 saturated carbocycles. The Hall–Kier alpha value is -1.97. The molecule has 1 saturated heterocycles. The van der Waals surface area contributed by atoms with Crippen LogP contribution in [0.15, 0.2) is 29.2 Å². The number of carbonyl (C=O) groups excluding carboxylic acids is 2. The van der Waals surface area contributed by atoms with Crippen LogP contribution in [0, 0.1) is 0 Å². The van der Waals surface area contributed by atoms with E-state index < -0.39 is 16.0 Å². The first-order chi connectivity index (χ1) is 13.4. The average molecular weight is 410 g/mol. The van der Waals surface area contributed by atoms with Gasteiger partial charge < -0.3 is 14.8 Å². The Labute approximate surface area is 165 Å². The molecule has 1 aromatic rings. The van der Waals surface area contributed by atoms with Gasteiger partial charge in [0.25, 0.3) is 5.91 Å². The predicted molar refractivity (Wildman–Crippen MR) is 101 cm³/mol. The highest BCUT2D eigenvalue weighted by molar-refractivity contribution is 7.89. The van der Waals surface area contributed by atoms with E-state index in [1.54, 1.807) is 0 Å². The highest BCUT2D eigenvalue weighted by Crippen LogP contribution is 2.18. The lowest BCUT2D eigenvalue weighted by atomic mass is 10.2. The molecular formula is C19H26N2O6S. The number of hydrogen-bond acceptors (Lipinski definition) is 6. The summed E-state index contributed by atoms with van der Waals surface area (Å²) in [6, 6.07) is 5.72. The van der Waals surface area contributed by atoms with E-state index in [9.17, 15) is 18.0 Å². The second kappa shape index (κ2) is 9.49. The quantitative estimate of drug-likeness (QED) is 0.626. The number of ether oxygens (including phenoxy) is 2. The third-order valence-corrected chi connectivity index (χ3v) is 6.38.